The number of aldehydes is 1. The van der Waals surface area contributed by atoms with E-state index in [1.165, 1.54) is 6.07 Å². The van der Waals surface area contributed by atoms with E-state index in [-0.39, 0.29) is 12.8 Å². The number of hydrogen-bond acceptors (Lipinski definition) is 2. The van der Waals surface area contributed by atoms with Crippen LogP contribution in [0.5, 0.6) is 0 Å². The Morgan fingerprint density at radius 1 is 1.42 bits per heavy atom. The maximum Gasteiger partial charge on any atom is 0.161 e. The molecule has 2 unspecified atom stereocenters. The summed E-state index contributed by atoms with van der Waals surface area (Å²) in [7, 11) is 0. The highest BCUT2D eigenvalue weighted by molar-refractivity contribution is 5.61. The molecule has 0 amide bonds. The first-order valence-corrected chi connectivity index (χ1v) is 6.18. The van der Waals surface area contributed by atoms with Crippen LogP contribution in [0.15, 0.2) is 24.3 Å². The lowest BCUT2D eigenvalue weighted by Gasteiger charge is -2.44. The largest absolute Gasteiger partial charge is 0.301 e. The molecule has 104 valence electrons. The average molecular weight is 271 g/mol. The number of hydrogen-bond donors (Lipinski definition) is 1. The van der Waals surface area contributed by atoms with E-state index in [9.17, 15) is 18.0 Å². The molecule has 19 heavy (non-hydrogen) atoms. The standard InChI is InChI=1S/C14H16F3NO/c1-13(10-4-2-3-5-11(10)16)6-7-14(17,9-15)12(8-19)18-13/h2-5,8,12,18H,6-7,9H2,1H3/t12?,13-,14?/m0/s1. The van der Waals surface area contributed by atoms with Crippen molar-refractivity contribution < 1.29 is 18.0 Å². The number of piperidine rings is 1. The van der Waals surface area contributed by atoms with Crippen LogP contribution in [-0.2, 0) is 10.3 Å². The summed E-state index contributed by atoms with van der Waals surface area (Å²) in [4.78, 5) is 11.0. The fourth-order valence-electron chi connectivity index (χ4n) is 2.59. The van der Waals surface area contributed by atoms with Crippen LogP contribution >= 0.6 is 0 Å². The number of benzene rings is 1. The molecule has 1 aromatic rings. The maximum absolute atomic E-state index is 14.2. The van der Waals surface area contributed by atoms with Gasteiger partial charge in [-0.3, -0.25) is 5.32 Å². The van der Waals surface area contributed by atoms with E-state index in [1.54, 1.807) is 25.1 Å². The van der Waals surface area contributed by atoms with Gasteiger partial charge in [0.2, 0.25) is 0 Å². The second-order valence-electron chi connectivity index (χ2n) is 5.24. The fraction of sp³-hybridized carbons (Fsp3) is 0.500. The number of carbonyl (C=O) groups is 1. The molecule has 1 aliphatic heterocycles. The van der Waals surface area contributed by atoms with Gasteiger partial charge in [0.15, 0.2) is 5.67 Å². The number of carbonyl (C=O) groups excluding carboxylic acids is 1. The van der Waals surface area contributed by atoms with E-state index in [0.29, 0.717) is 11.8 Å². The predicted octanol–water partition coefficient (Wildman–Crippen LogP) is 2.67. The van der Waals surface area contributed by atoms with Crippen LogP contribution in [0, 0.1) is 5.82 Å². The molecule has 5 heteroatoms. The second kappa shape index (κ2) is 4.96. The summed E-state index contributed by atoms with van der Waals surface area (Å²) in [6.45, 7) is 0.469. The Kier molecular flexibility index (Phi) is 3.67. The Labute approximate surface area is 110 Å². The third kappa shape index (κ3) is 2.39. The molecule has 1 fully saturated rings. The summed E-state index contributed by atoms with van der Waals surface area (Å²) in [5.74, 6) is -0.422. The molecule has 1 saturated heterocycles. The minimum atomic E-state index is -2.20. The van der Waals surface area contributed by atoms with Gasteiger partial charge < -0.3 is 4.79 Å². The number of nitrogens with one attached hydrogen (secondary N) is 1. The molecular formula is C14H16F3NO. The van der Waals surface area contributed by atoms with Crippen molar-refractivity contribution in [1.29, 1.82) is 0 Å². The van der Waals surface area contributed by atoms with Crippen molar-refractivity contribution >= 4 is 6.29 Å². The molecule has 0 bridgehead atoms. The third-order valence-corrected chi connectivity index (χ3v) is 3.90. The zero-order chi connectivity index (χ0) is 14.1. The minimum absolute atomic E-state index is 0.120. The van der Waals surface area contributed by atoms with E-state index < -0.39 is 29.7 Å². The SMILES string of the molecule is C[C@@]1(c2ccccc2F)CCC(F)(CF)C(C=O)N1. The molecule has 0 aliphatic carbocycles. The highest BCUT2D eigenvalue weighted by atomic mass is 19.2. The van der Waals surface area contributed by atoms with E-state index >= 15 is 0 Å². The molecule has 3 atom stereocenters. The molecule has 0 saturated carbocycles. The molecule has 1 aromatic carbocycles. The molecule has 0 spiro atoms. The normalized spacial score (nSPS) is 35.1. The van der Waals surface area contributed by atoms with Gasteiger partial charge in [-0.25, -0.2) is 13.2 Å². The van der Waals surface area contributed by atoms with Crippen LogP contribution in [0.1, 0.15) is 25.3 Å². The Hall–Kier alpha value is -1.36. The lowest BCUT2D eigenvalue weighted by molar-refractivity contribution is -0.117. The van der Waals surface area contributed by atoms with Crippen molar-refractivity contribution in [2.75, 3.05) is 6.67 Å². The monoisotopic (exact) mass is 271 g/mol. The van der Waals surface area contributed by atoms with Crippen molar-refractivity contribution in [3.05, 3.63) is 35.6 Å². The van der Waals surface area contributed by atoms with Crippen LogP contribution in [0.2, 0.25) is 0 Å². The van der Waals surface area contributed by atoms with Crippen molar-refractivity contribution in [3.8, 4) is 0 Å². The highest BCUT2D eigenvalue weighted by Crippen LogP contribution is 2.39. The van der Waals surface area contributed by atoms with Gasteiger partial charge in [-0.1, -0.05) is 18.2 Å². The number of rotatable bonds is 3. The Morgan fingerprint density at radius 2 is 2.11 bits per heavy atom. The van der Waals surface area contributed by atoms with E-state index in [2.05, 4.69) is 5.32 Å². The van der Waals surface area contributed by atoms with Gasteiger partial charge in [0.25, 0.3) is 0 Å². The molecule has 2 nitrogen and oxygen atoms in total. The third-order valence-electron chi connectivity index (χ3n) is 3.90. The smallest absolute Gasteiger partial charge is 0.161 e. The molecule has 0 radical (unpaired) electrons. The van der Waals surface area contributed by atoms with Gasteiger partial charge in [-0.15, -0.1) is 0 Å². The fourth-order valence-corrected chi connectivity index (χ4v) is 2.59. The van der Waals surface area contributed by atoms with E-state index in [4.69, 9.17) is 0 Å². The topological polar surface area (TPSA) is 29.1 Å². The molecule has 2 rings (SSSR count). The van der Waals surface area contributed by atoms with Gasteiger partial charge in [-0.2, -0.15) is 0 Å². The van der Waals surface area contributed by atoms with E-state index in [1.807, 2.05) is 0 Å². The van der Waals surface area contributed by atoms with Crippen LogP contribution in [0.3, 0.4) is 0 Å². The van der Waals surface area contributed by atoms with Gasteiger partial charge >= 0.3 is 0 Å². The van der Waals surface area contributed by atoms with Crippen molar-refractivity contribution in [2.45, 2.75) is 37.0 Å². The summed E-state index contributed by atoms with van der Waals surface area (Å²) in [6.07, 6.45) is 0.460. The summed E-state index contributed by atoms with van der Waals surface area (Å²) in [6, 6.07) is 4.86. The van der Waals surface area contributed by atoms with Crippen LogP contribution in [0.25, 0.3) is 0 Å². The first-order valence-electron chi connectivity index (χ1n) is 6.18. The van der Waals surface area contributed by atoms with Crippen molar-refractivity contribution in [1.82, 2.24) is 5.32 Å². The molecular weight excluding hydrogens is 255 g/mol. The second-order valence-corrected chi connectivity index (χ2v) is 5.24. The van der Waals surface area contributed by atoms with E-state index in [0.717, 1.165) is 0 Å². The van der Waals surface area contributed by atoms with Crippen LogP contribution in [0.4, 0.5) is 13.2 Å². The first kappa shape index (κ1) is 14.1. The minimum Gasteiger partial charge on any atom is -0.301 e. The van der Waals surface area contributed by atoms with Crippen LogP contribution < -0.4 is 5.32 Å². The molecule has 0 aromatic heterocycles. The van der Waals surface area contributed by atoms with Gasteiger partial charge in [0.05, 0.1) is 0 Å². The first-order chi connectivity index (χ1) is 8.95. The summed E-state index contributed by atoms with van der Waals surface area (Å²) in [5, 5.41) is 2.76. The Morgan fingerprint density at radius 3 is 2.68 bits per heavy atom. The molecule has 1 heterocycles. The Bertz CT molecular complexity index is 482. The van der Waals surface area contributed by atoms with Crippen molar-refractivity contribution in [3.63, 3.8) is 0 Å². The quantitative estimate of drug-likeness (QED) is 0.856. The average Bonchev–Trinajstić information content (AvgIpc) is 2.42. The Balaban J connectivity index is 2.33. The predicted molar refractivity (Wildman–Crippen MR) is 65.8 cm³/mol. The van der Waals surface area contributed by atoms with Crippen LogP contribution in [-0.4, -0.2) is 24.7 Å². The number of halogens is 3. The lowest BCUT2D eigenvalue weighted by Crippen LogP contribution is -2.62. The van der Waals surface area contributed by atoms with Crippen molar-refractivity contribution in [2.24, 2.45) is 0 Å². The lowest BCUT2D eigenvalue weighted by atomic mass is 9.76. The summed E-state index contributed by atoms with van der Waals surface area (Å²) >= 11 is 0. The zero-order valence-corrected chi connectivity index (χ0v) is 10.6. The summed E-state index contributed by atoms with van der Waals surface area (Å²) < 4.78 is 40.8. The van der Waals surface area contributed by atoms with Gasteiger partial charge in [-0.05, 0) is 25.8 Å². The summed E-state index contributed by atoms with van der Waals surface area (Å²) in [5.41, 5.74) is -2.71. The highest BCUT2D eigenvalue weighted by Gasteiger charge is 2.49. The zero-order valence-electron chi connectivity index (χ0n) is 10.6. The molecule has 1 aliphatic rings. The number of alkyl halides is 2. The van der Waals surface area contributed by atoms with Gasteiger partial charge in [0.1, 0.15) is 24.8 Å². The maximum atomic E-state index is 14.2. The van der Waals surface area contributed by atoms with Gasteiger partial charge in [0, 0.05) is 11.1 Å². The molecule has 1 N–H and O–H groups in total.